The minimum Gasteiger partial charge on any atom is -0.281 e. The predicted octanol–water partition coefficient (Wildman–Crippen LogP) is 3.92. The lowest BCUT2D eigenvalue weighted by Gasteiger charge is -2.32. The Bertz CT molecular complexity index is 247. The van der Waals surface area contributed by atoms with Crippen molar-refractivity contribution >= 4 is 86.5 Å². The lowest BCUT2D eigenvalue weighted by Crippen LogP contribution is -2.47. The van der Waals surface area contributed by atoms with Gasteiger partial charge in [0.25, 0.3) is 4.46 Å². The topological polar surface area (TPSA) is 15.6 Å². The molecule has 0 saturated heterocycles. The van der Waals surface area contributed by atoms with E-state index in [-0.39, 0.29) is 5.29 Å². The van der Waals surface area contributed by atoms with Crippen LogP contribution in [0.3, 0.4) is 0 Å². The van der Waals surface area contributed by atoms with E-state index in [1.54, 1.807) is 0 Å². The Kier molecular flexibility index (Phi) is 3.69. The van der Waals surface area contributed by atoms with Gasteiger partial charge in [-0.3, -0.25) is 4.90 Å². The van der Waals surface area contributed by atoms with Crippen molar-refractivity contribution in [3.8, 4) is 0 Å². The molecule has 2 nitrogen and oxygen atoms in total. The Morgan fingerprint density at radius 1 is 1.15 bits per heavy atom. The first kappa shape index (κ1) is 12.6. The van der Waals surface area contributed by atoms with Crippen molar-refractivity contribution in [3.05, 3.63) is 0 Å². The molecule has 1 heterocycles. The van der Waals surface area contributed by atoms with Crippen LogP contribution in [0.4, 0.5) is 0 Å². The summed E-state index contributed by atoms with van der Waals surface area (Å²) < 4.78 is -3.59. The van der Waals surface area contributed by atoms with Gasteiger partial charge in [0, 0.05) is 0 Å². The summed E-state index contributed by atoms with van der Waals surface area (Å²) in [5, 5.41) is -0.148. The van der Waals surface area contributed by atoms with Gasteiger partial charge in [-0.2, -0.15) is 0 Å². The fourth-order valence-corrected chi connectivity index (χ4v) is 2.78. The van der Waals surface area contributed by atoms with E-state index in [1.807, 2.05) is 0 Å². The zero-order valence-corrected chi connectivity index (χ0v) is 10.9. The molecule has 0 atom stereocenters. The van der Waals surface area contributed by atoms with Crippen molar-refractivity contribution < 1.29 is 0 Å². The molecule has 76 valence electrons. The summed E-state index contributed by atoms with van der Waals surface area (Å²) in [6, 6.07) is 0. The molecule has 0 amide bonds. The average molecular weight is 325 g/mol. The summed E-state index contributed by atoms with van der Waals surface area (Å²) in [6.07, 6.45) is 0. The van der Waals surface area contributed by atoms with E-state index in [2.05, 4.69) is 4.99 Å². The van der Waals surface area contributed by atoms with Crippen LogP contribution in [0.15, 0.2) is 4.99 Å². The molecule has 0 saturated carbocycles. The first-order valence-electron chi connectivity index (χ1n) is 2.78. The minimum absolute atomic E-state index is 0.148. The van der Waals surface area contributed by atoms with Crippen molar-refractivity contribution in [2.45, 2.75) is 13.9 Å². The van der Waals surface area contributed by atoms with Crippen LogP contribution in [0.5, 0.6) is 0 Å². The number of nitrogens with zero attached hydrogens (tertiary/aromatic N) is 2. The maximum Gasteiger partial charge on any atom is 0.262 e. The predicted molar refractivity (Wildman–Crippen MR) is 59.5 cm³/mol. The highest BCUT2D eigenvalue weighted by atomic mass is 35.5. The van der Waals surface area contributed by atoms with Crippen molar-refractivity contribution in [3.63, 3.8) is 0 Å². The molecule has 0 spiro atoms. The summed E-state index contributed by atoms with van der Waals surface area (Å²) in [5.41, 5.74) is 0. The van der Waals surface area contributed by atoms with Gasteiger partial charge in [0.1, 0.15) is 0 Å². The van der Waals surface area contributed by atoms with E-state index >= 15 is 0 Å². The monoisotopic (exact) mass is 322 g/mol. The summed E-state index contributed by atoms with van der Waals surface area (Å²) >= 11 is 39.5. The molecule has 1 rings (SSSR count). The van der Waals surface area contributed by atoms with Gasteiger partial charge in [0.15, 0.2) is 4.96 Å². The van der Waals surface area contributed by atoms with E-state index in [4.69, 9.17) is 81.2 Å². The third-order valence-corrected chi connectivity index (χ3v) is 3.96. The van der Waals surface area contributed by atoms with Crippen LogP contribution in [0.2, 0.25) is 0 Å². The molecule has 9 heteroatoms. The highest BCUT2D eigenvalue weighted by molar-refractivity contribution is 6.72. The van der Waals surface area contributed by atoms with Gasteiger partial charge in [-0.05, 0) is 11.6 Å². The Morgan fingerprint density at radius 2 is 1.62 bits per heavy atom. The maximum atomic E-state index is 5.77. The molecule has 0 aromatic heterocycles. The number of aliphatic imine (C=N–C) groups is 1. The van der Waals surface area contributed by atoms with Gasteiger partial charge in [-0.1, -0.05) is 69.6 Å². The molecule has 0 N–H and O–H groups in total. The van der Waals surface area contributed by atoms with Crippen molar-refractivity contribution in [1.82, 2.24) is 4.90 Å². The van der Waals surface area contributed by atoms with Gasteiger partial charge in [0.2, 0.25) is 9.75 Å². The molecule has 0 unspecified atom stereocenters. The normalized spacial score (nSPS) is 25.2. The SMILES string of the molecule is ClC1=NC(Cl)(Cl)C(Cl)(Cl)N1C(Cl)Cl. The smallest absolute Gasteiger partial charge is 0.262 e. The summed E-state index contributed by atoms with van der Waals surface area (Å²) in [7, 11) is 0. The first-order valence-corrected chi connectivity index (χ1v) is 5.55. The first-order chi connectivity index (χ1) is 5.70. The summed E-state index contributed by atoms with van der Waals surface area (Å²) in [4.78, 5) is 3.46. The number of hydrogen-bond donors (Lipinski definition) is 0. The van der Waals surface area contributed by atoms with Crippen LogP contribution in [-0.4, -0.2) is 24.1 Å². The van der Waals surface area contributed by atoms with Crippen LogP contribution < -0.4 is 0 Å². The van der Waals surface area contributed by atoms with Crippen molar-refractivity contribution in [1.29, 1.82) is 0 Å². The molecule has 13 heavy (non-hydrogen) atoms. The lowest BCUT2D eigenvalue weighted by molar-refractivity contribution is 0.395. The van der Waals surface area contributed by atoms with Crippen molar-refractivity contribution in [2.24, 2.45) is 4.99 Å². The molecule has 0 radical (unpaired) electrons. The zero-order valence-electron chi connectivity index (χ0n) is 5.62. The second kappa shape index (κ2) is 3.82. The van der Waals surface area contributed by atoms with Crippen LogP contribution in [0.1, 0.15) is 0 Å². The number of alkyl halides is 6. The molecule has 0 aromatic carbocycles. The van der Waals surface area contributed by atoms with Crippen LogP contribution in [0, 0.1) is 0 Å². The Balaban J connectivity index is 3.08. The molecule has 0 aromatic rings. The molecule has 0 fully saturated rings. The van der Waals surface area contributed by atoms with Gasteiger partial charge in [-0.25, -0.2) is 4.99 Å². The third-order valence-electron chi connectivity index (χ3n) is 1.29. The fraction of sp³-hybridized carbons (Fsp3) is 0.750. The summed E-state index contributed by atoms with van der Waals surface area (Å²) in [6.45, 7) is 0. The Labute approximate surface area is 110 Å². The number of rotatable bonds is 1. The fourth-order valence-electron chi connectivity index (χ4n) is 0.701. The van der Waals surface area contributed by atoms with E-state index in [9.17, 15) is 0 Å². The Morgan fingerprint density at radius 3 is 1.77 bits per heavy atom. The quantitative estimate of drug-likeness (QED) is 0.527. The Hall–Kier alpha value is 1.50. The molecule has 1 aliphatic heterocycles. The minimum atomic E-state index is -1.80. The number of amidine groups is 1. The largest absolute Gasteiger partial charge is 0.281 e. The number of hydrogen-bond acceptors (Lipinski definition) is 2. The van der Waals surface area contributed by atoms with Crippen LogP contribution >= 0.6 is 81.2 Å². The van der Waals surface area contributed by atoms with E-state index < -0.39 is 13.9 Å². The van der Waals surface area contributed by atoms with Crippen LogP contribution in [-0.2, 0) is 0 Å². The van der Waals surface area contributed by atoms with Crippen molar-refractivity contribution in [2.75, 3.05) is 0 Å². The number of halogens is 7. The molecule has 0 bridgehead atoms. The molecule has 0 aliphatic carbocycles. The van der Waals surface area contributed by atoms with Gasteiger partial charge >= 0.3 is 0 Å². The summed E-state index contributed by atoms with van der Waals surface area (Å²) in [5.74, 6) is 0. The van der Waals surface area contributed by atoms with E-state index in [1.165, 1.54) is 0 Å². The van der Waals surface area contributed by atoms with Gasteiger partial charge in [-0.15, -0.1) is 0 Å². The van der Waals surface area contributed by atoms with Crippen LogP contribution in [0.25, 0.3) is 0 Å². The van der Waals surface area contributed by atoms with Gasteiger partial charge < -0.3 is 0 Å². The highest BCUT2D eigenvalue weighted by Crippen LogP contribution is 2.52. The van der Waals surface area contributed by atoms with Gasteiger partial charge in [0.05, 0.1) is 0 Å². The average Bonchev–Trinajstić information content (AvgIpc) is 1.96. The highest BCUT2D eigenvalue weighted by Gasteiger charge is 2.59. The third kappa shape index (κ3) is 2.05. The maximum absolute atomic E-state index is 5.77. The molecule has 1 aliphatic rings. The molecular formula is C4HCl7N2. The van der Waals surface area contributed by atoms with E-state index in [0.29, 0.717) is 0 Å². The molecular weight excluding hydrogens is 324 g/mol. The second-order valence-corrected chi connectivity index (χ2v) is 6.07. The lowest BCUT2D eigenvalue weighted by atomic mass is 10.6. The zero-order chi connectivity index (χ0) is 10.4. The second-order valence-electron chi connectivity index (χ2n) is 2.11. The van der Waals surface area contributed by atoms with E-state index in [0.717, 1.165) is 4.90 Å². The standard InChI is InChI=1S/C4HCl7N2/c5-1(6)13-2(7)12-3(8,9)4(13,10)11/h1H.